The predicted octanol–water partition coefficient (Wildman–Crippen LogP) is 4.86. The Morgan fingerprint density at radius 1 is 0.882 bits per heavy atom. The quantitative estimate of drug-likeness (QED) is 0.655. The van der Waals surface area contributed by atoms with Crippen LogP contribution in [0.15, 0.2) is 24.3 Å². The third-order valence-electron chi connectivity index (χ3n) is 1.47. The summed E-state index contributed by atoms with van der Waals surface area (Å²) in [4.78, 5) is 10.9. The Morgan fingerprint density at radius 2 is 1.24 bits per heavy atom. The zero-order valence-corrected chi connectivity index (χ0v) is 12.6. The van der Waals surface area contributed by atoms with Crippen LogP contribution < -0.4 is 0 Å². The number of carbonyl (C=O) groups excluding carboxylic acids is 1. The van der Waals surface area contributed by atoms with Crippen molar-refractivity contribution in [3.63, 3.8) is 0 Å². The van der Waals surface area contributed by atoms with Crippen molar-refractivity contribution < 1.29 is 9.53 Å². The normalized spacial score (nSPS) is 7.06. The van der Waals surface area contributed by atoms with Gasteiger partial charge in [0.1, 0.15) is 0 Å². The Bertz CT molecular complexity index is 250. The summed E-state index contributed by atoms with van der Waals surface area (Å²) < 4.78 is 4.54. The van der Waals surface area contributed by atoms with Gasteiger partial charge in [-0.15, -0.1) is 0 Å². The van der Waals surface area contributed by atoms with Crippen LogP contribution in [0.1, 0.15) is 57.5 Å². The molecule has 0 aliphatic rings. The lowest BCUT2D eigenvalue weighted by molar-refractivity contribution is 0.0601. The first-order valence-corrected chi connectivity index (χ1v) is 6.39. The molecule has 2 heteroatoms. The highest BCUT2D eigenvalue weighted by Crippen LogP contribution is 2.03. The van der Waals surface area contributed by atoms with Crippen LogP contribution in [0.5, 0.6) is 0 Å². The third kappa shape index (κ3) is 11.0. The first kappa shape index (κ1) is 21.0. The minimum absolute atomic E-state index is 0.287. The lowest BCUT2D eigenvalue weighted by Gasteiger charge is -1.97. The first-order valence-electron chi connectivity index (χ1n) is 6.39. The Hall–Kier alpha value is -1.31. The maximum absolute atomic E-state index is 10.9. The molecule has 0 aromatic heterocycles. The van der Waals surface area contributed by atoms with E-state index < -0.39 is 0 Å². The number of hydrogen-bond acceptors (Lipinski definition) is 2. The third-order valence-corrected chi connectivity index (χ3v) is 1.47. The van der Waals surface area contributed by atoms with Crippen LogP contribution in [0.3, 0.4) is 0 Å². The van der Waals surface area contributed by atoms with Gasteiger partial charge in [-0.3, -0.25) is 0 Å². The van der Waals surface area contributed by atoms with Gasteiger partial charge in [-0.05, 0) is 19.1 Å². The van der Waals surface area contributed by atoms with Crippen molar-refractivity contribution in [1.82, 2.24) is 0 Å². The maximum Gasteiger partial charge on any atom is 0.337 e. The van der Waals surface area contributed by atoms with Gasteiger partial charge in [-0.25, -0.2) is 4.79 Å². The number of rotatable bonds is 1. The van der Waals surface area contributed by atoms with E-state index in [1.54, 1.807) is 12.1 Å². The average Bonchev–Trinajstić information content (AvgIpc) is 2.45. The van der Waals surface area contributed by atoms with E-state index in [0.717, 1.165) is 5.56 Å². The maximum atomic E-state index is 10.9. The fourth-order valence-electron chi connectivity index (χ4n) is 0.807. The highest BCUT2D eigenvalue weighted by molar-refractivity contribution is 5.89. The topological polar surface area (TPSA) is 26.3 Å². The number of ether oxygens (including phenoxy) is 1. The molecular weight excluding hydrogens is 212 g/mol. The van der Waals surface area contributed by atoms with E-state index in [2.05, 4.69) is 4.74 Å². The molecule has 0 saturated carbocycles. The Balaban J connectivity index is -0.000000285. The fourth-order valence-corrected chi connectivity index (χ4v) is 0.807. The molecule has 1 aromatic rings. The summed E-state index contributed by atoms with van der Waals surface area (Å²) in [6.07, 6.45) is 0. The van der Waals surface area contributed by atoms with Crippen molar-refractivity contribution in [3.8, 4) is 0 Å². The van der Waals surface area contributed by atoms with Gasteiger partial charge >= 0.3 is 5.97 Å². The highest BCUT2D eigenvalue weighted by Gasteiger charge is 2.01. The Labute approximate surface area is 107 Å². The number of hydrogen-bond donors (Lipinski definition) is 0. The summed E-state index contributed by atoms with van der Waals surface area (Å²) >= 11 is 0. The molecule has 0 aliphatic heterocycles. The highest BCUT2D eigenvalue weighted by atomic mass is 16.5. The Kier molecular flexibility index (Phi) is 21.1. The number of methoxy groups -OCH3 is 1. The second kappa shape index (κ2) is 17.1. The molecule has 0 fully saturated rings. The summed E-state index contributed by atoms with van der Waals surface area (Å²) in [5, 5.41) is 0. The molecule has 0 unspecified atom stereocenters. The van der Waals surface area contributed by atoms with Gasteiger partial charge in [0, 0.05) is 0 Å². The monoisotopic (exact) mass is 240 g/mol. The van der Waals surface area contributed by atoms with Crippen molar-refractivity contribution >= 4 is 5.97 Å². The summed E-state index contributed by atoms with van der Waals surface area (Å²) in [6, 6.07) is 7.26. The molecule has 0 saturated heterocycles. The lowest BCUT2D eigenvalue weighted by Crippen LogP contribution is -2.00. The smallest absolute Gasteiger partial charge is 0.337 e. The van der Waals surface area contributed by atoms with Gasteiger partial charge in [-0.2, -0.15) is 0 Å². The van der Waals surface area contributed by atoms with Gasteiger partial charge in [0.05, 0.1) is 12.7 Å². The standard InChI is InChI=1S/C9H10O2.3C2H6/c1-7-3-5-8(6-4-7)9(10)11-2;3*1-2/h3-6H,1-2H3;3*1-2H3. The van der Waals surface area contributed by atoms with E-state index in [-0.39, 0.29) is 5.97 Å². The first-order chi connectivity index (χ1) is 8.24. The summed E-state index contributed by atoms with van der Waals surface area (Å²) in [6.45, 7) is 14.0. The SMILES string of the molecule is CC.CC.CC.COC(=O)c1ccc(C)cc1. The van der Waals surface area contributed by atoms with E-state index in [1.807, 2.05) is 60.6 Å². The van der Waals surface area contributed by atoms with Crippen LogP contribution in [0.4, 0.5) is 0 Å². The molecule has 0 heterocycles. The molecule has 0 radical (unpaired) electrons. The molecule has 0 spiro atoms. The van der Waals surface area contributed by atoms with E-state index in [4.69, 9.17) is 0 Å². The molecule has 17 heavy (non-hydrogen) atoms. The number of carbonyl (C=O) groups is 1. The molecule has 0 amide bonds. The van der Waals surface area contributed by atoms with E-state index in [1.165, 1.54) is 7.11 Å². The van der Waals surface area contributed by atoms with Crippen LogP contribution in [-0.2, 0) is 4.74 Å². The van der Waals surface area contributed by atoms with Gasteiger partial charge in [0.15, 0.2) is 0 Å². The van der Waals surface area contributed by atoms with Crippen molar-refractivity contribution in [2.45, 2.75) is 48.5 Å². The van der Waals surface area contributed by atoms with Crippen molar-refractivity contribution in [1.29, 1.82) is 0 Å². The number of aryl methyl sites for hydroxylation is 1. The number of benzene rings is 1. The Morgan fingerprint density at radius 3 is 1.53 bits per heavy atom. The van der Waals surface area contributed by atoms with Gasteiger partial charge in [0.25, 0.3) is 0 Å². The van der Waals surface area contributed by atoms with Crippen LogP contribution in [0.25, 0.3) is 0 Å². The summed E-state index contributed by atoms with van der Waals surface area (Å²) in [7, 11) is 1.38. The van der Waals surface area contributed by atoms with Crippen LogP contribution in [0.2, 0.25) is 0 Å². The molecular formula is C15H28O2. The molecule has 0 N–H and O–H groups in total. The zero-order chi connectivity index (χ0) is 14.3. The van der Waals surface area contributed by atoms with Crippen molar-refractivity contribution in [3.05, 3.63) is 35.4 Å². The van der Waals surface area contributed by atoms with E-state index in [0.29, 0.717) is 5.56 Å². The van der Waals surface area contributed by atoms with E-state index >= 15 is 0 Å². The molecule has 1 aromatic carbocycles. The summed E-state index contributed by atoms with van der Waals surface area (Å²) in [5.74, 6) is -0.287. The van der Waals surface area contributed by atoms with E-state index in [9.17, 15) is 4.79 Å². The zero-order valence-electron chi connectivity index (χ0n) is 12.6. The van der Waals surface area contributed by atoms with Gasteiger partial charge in [-0.1, -0.05) is 59.2 Å². The van der Waals surface area contributed by atoms with Crippen molar-refractivity contribution in [2.24, 2.45) is 0 Å². The average molecular weight is 240 g/mol. The fraction of sp³-hybridized carbons (Fsp3) is 0.533. The second-order valence-corrected chi connectivity index (χ2v) is 2.36. The van der Waals surface area contributed by atoms with Gasteiger partial charge < -0.3 is 4.74 Å². The summed E-state index contributed by atoms with van der Waals surface area (Å²) in [5.41, 5.74) is 1.73. The lowest BCUT2D eigenvalue weighted by atomic mass is 10.2. The number of esters is 1. The molecule has 1 rings (SSSR count). The van der Waals surface area contributed by atoms with Crippen LogP contribution in [-0.4, -0.2) is 13.1 Å². The van der Waals surface area contributed by atoms with Crippen LogP contribution in [0, 0.1) is 6.92 Å². The molecule has 2 nitrogen and oxygen atoms in total. The minimum atomic E-state index is -0.287. The molecule has 0 atom stereocenters. The second-order valence-electron chi connectivity index (χ2n) is 2.36. The minimum Gasteiger partial charge on any atom is -0.465 e. The molecule has 100 valence electrons. The molecule has 0 aliphatic carbocycles. The predicted molar refractivity (Wildman–Crippen MR) is 76.6 cm³/mol. The van der Waals surface area contributed by atoms with Gasteiger partial charge in [0.2, 0.25) is 0 Å². The van der Waals surface area contributed by atoms with Crippen LogP contribution >= 0.6 is 0 Å². The molecule has 0 bridgehead atoms. The largest absolute Gasteiger partial charge is 0.465 e. The van der Waals surface area contributed by atoms with Crippen molar-refractivity contribution in [2.75, 3.05) is 7.11 Å².